The molecule has 0 aliphatic carbocycles. The Labute approximate surface area is 276 Å². The van der Waals surface area contributed by atoms with Crippen molar-refractivity contribution in [3.05, 3.63) is 53.6 Å². The van der Waals surface area contributed by atoms with Crippen LogP contribution in [0.1, 0.15) is 11.1 Å². The van der Waals surface area contributed by atoms with Gasteiger partial charge >= 0.3 is 0 Å². The van der Waals surface area contributed by atoms with E-state index in [-0.39, 0.29) is 37.6 Å². The van der Waals surface area contributed by atoms with Crippen LogP contribution in [0.5, 0.6) is 17.2 Å². The summed E-state index contributed by atoms with van der Waals surface area (Å²) in [6.45, 7) is 3.69. The summed E-state index contributed by atoms with van der Waals surface area (Å²) in [5.41, 5.74) is 2.03. The van der Waals surface area contributed by atoms with Gasteiger partial charge in [0.25, 0.3) is 0 Å². The minimum absolute atomic E-state index is 0.190. The Hall–Kier alpha value is -0.861. The smallest absolute Gasteiger partial charge is 0.123 e. The van der Waals surface area contributed by atoms with Gasteiger partial charge in [0.1, 0.15) is 23.9 Å². The zero-order chi connectivity index (χ0) is 31.4. The second-order valence-electron chi connectivity index (χ2n) is 12.5. The van der Waals surface area contributed by atoms with E-state index in [9.17, 15) is 0 Å². The minimum Gasteiger partial charge on any atom is -0.494 e. The second kappa shape index (κ2) is 15.6. The molecule has 2 aliphatic rings. The van der Waals surface area contributed by atoms with E-state index < -0.39 is 38.3 Å². The molecule has 2 fully saturated rings. The molecule has 2 saturated heterocycles. The molecule has 0 saturated carbocycles. The zero-order valence-electron chi connectivity index (χ0n) is 25.0. The third-order valence-electron chi connectivity index (χ3n) is 8.87. The molecule has 4 rings (SSSR count). The molecule has 0 N–H and O–H groups in total. The number of benzene rings is 2. The summed E-state index contributed by atoms with van der Waals surface area (Å²) in [6, 6.07) is 13.7. The highest BCUT2D eigenvalue weighted by Gasteiger charge is 2.51. The molecule has 20 radical (unpaired) electrons. The normalized spacial score (nSPS) is 16.5. The van der Waals surface area contributed by atoms with Crippen LogP contribution in [0.15, 0.2) is 42.5 Å². The first-order chi connectivity index (χ1) is 20.3. The van der Waals surface area contributed by atoms with Gasteiger partial charge in [0.2, 0.25) is 0 Å². The molecule has 0 aromatic heterocycles. The molecule has 2 unspecified atom stereocenters. The van der Waals surface area contributed by atoms with Crippen molar-refractivity contribution in [3.8, 4) is 17.2 Å². The number of rotatable bonds is 17. The molecule has 2 heterocycles. The van der Waals surface area contributed by atoms with Gasteiger partial charge in [-0.1, -0.05) is 24.8 Å². The van der Waals surface area contributed by atoms with Crippen LogP contribution < -0.4 is 14.2 Å². The lowest BCUT2D eigenvalue weighted by Crippen LogP contribution is -2.63. The van der Waals surface area contributed by atoms with Crippen LogP contribution in [0.3, 0.4) is 0 Å². The van der Waals surface area contributed by atoms with E-state index in [2.05, 4.69) is 0 Å². The second-order valence-corrected chi connectivity index (χ2v) is 12.5. The standard InChI is InChI=1S/C20H22B20O3/c1-14-3-2-4-18(5-14)41-11-15-6-19(42-12-16-9-31(16)39(35(25)26)37(29)33(21)22)8-20(7-15)43-13-17-10-32(17)40(36(27)28)38(30)34(23)24/h2-8,16-17H,9-13H2,1H3. The number of hydrogen-bond donors (Lipinski definition) is 0. The van der Waals surface area contributed by atoms with Gasteiger partial charge in [-0.3, -0.25) is 0 Å². The first kappa shape index (κ1) is 35.0. The molecule has 0 amide bonds. The molecule has 180 valence electrons. The largest absolute Gasteiger partial charge is 0.494 e. The molecule has 2 aromatic carbocycles. The van der Waals surface area contributed by atoms with Crippen LogP contribution >= 0.6 is 0 Å². The molecule has 43 heavy (non-hydrogen) atoms. The van der Waals surface area contributed by atoms with Gasteiger partial charge in [-0.25, -0.2) is 0 Å². The fraction of sp³-hybridized carbons (Fsp3) is 0.400. The summed E-state index contributed by atoms with van der Waals surface area (Å²) in [7, 11) is 60.0. The maximum atomic E-state index is 6.26. The number of hydrogen-bond acceptors (Lipinski definition) is 3. The van der Waals surface area contributed by atoms with E-state index in [1.165, 1.54) is 0 Å². The van der Waals surface area contributed by atoms with E-state index in [0.29, 0.717) is 31.3 Å². The van der Waals surface area contributed by atoms with Gasteiger partial charge in [-0.2, -0.15) is 0 Å². The molecule has 2 aromatic rings. The van der Waals surface area contributed by atoms with Gasteiger partial charge in [-0.15, -0.1) is 0 Å². The molecule has 2 aliphatic heterocycles. The van der Waals surface area contributed by atoms with Gasteiger partial charge in [0.15, 0.2) is 0 Å². The van der Waals surface area contributed by atoms with Crippen molar-refractivity contribution in [2.24, 2.45) is 0 Å². The van der Waals surface area contributed by atoms with Crippen molar-refractivity contribution < 1.29 is 14.2 Å². The van der Waals surface area contributed by atoms with E-state index in [1.807, 2.05) is 49.4 Å². The topological polar surface area (TPSA) is 27.7 Å². The summed E-state index contributed by atoms with van der Waals surface area (Å²) in [5.74, 6) is 2.61. The predicted molar refractivity (Wildman–Crippen MR) is 205 cm³/mol. The molecule has 23 heteroatoms. The van der Waals surface area contributed by atoms with Crippen molar-refractivity contribution >= 4 is 142 Å². The highest BCUT2D eigenvalue weighted by Crippen LogP contribution is 2.41. The fourth-order valence-corrected chi connectivity index (χ4v) is 6.20. The van der Waals surface area contributed by atoms with E-state index in [4.69, 9.17) is 91.6 Å². The fourth-order valence-electron chi connectivity index (χ4n) is 6.20. The number of ether oxygens (including phenoxy) is 3. The first-order valence-corrected chi connectivity index (χ1v) is 15.0. The molecule has 3 nitrogen and oxygen atoms in total. The van der Waals surface area contributed by atoms with Gasteiger partial charge in [0, 0.05) is 135 Å². The van der Waals surface area contributed by atoms with E-state index in [0.717, 1.165) is 29.5 Å². The maximum Gasteiger partial charge on any atom is 0.123 e. The Morgan fingerprint density at radius 3 is 1.53 bits per heavy atom. The maximum absolute atomic E-state index is 6.26. The summed E-state index contributed by atoms with van der Waals surface area (Å²) in [6.07, 6.45) is -2.23. The van der Waals surface area contributed by atoms with Gasteiger partial charge in [-0.05, 0) is 54.0 Å². The Balaban J connectivity index is 1.42. The van der Waals surface area contributed by atoms with Crippen LogP contribution in [0.25, 0.3) is 0 Å². The van der Waals surface area contributed by atoms with Crippen LogP contribution in [-0.4, -0.2) is 155 Å². The van der Waals surface area contributed by atoms with Crippen LogP contribution in [-0.2, 0) is 6.61 Å². The molecule has 2 atom stereocenters. The monoisotopic (exact) mass is 530 g/mol. The molecule has 0 bridgehead atoms. The van der Waals surface area contributed by atoms with Crippen molar-refractivity contribution in [3.63, 3.8) is 0 Å². The van der Waals surface area contributed by atoms with Crippen molar-refractivity contribution in [2.75, 3.05) is 13.2 Å². The Morgan fingerprint density at radius 1 is 0.628 bits per heavy atom. The quantitative estimate of drug-likeness (QED) is 0.211. The summed E-state index contributed by atoms with van der Waals surface area (Å²) >= 11 is 0. The number of aryl methyl sites for hydroxylation is 1. The first-order valence-electron chi connectivity index (χ1n) is 15.0. The lowest BCUT2D eigenvalue weighted by Gasteiger charge is -2.25. The molecule has 0 spiro atoms. The lowest BCUT2D eigenvalue weighted by molar-refractivity contribution is 0.293. The third-order valence-corrected chi connectivity index (χ3v) is 8.87. The van der Waals surface area contributed by atoms with Gasteiger partial charge < -0.3 is 14.2 Å². The average molecular weight is 527 g/mol. The highest BCUT2D eigenvalue weighted by molar-refractivity contribution is 8.01. The van der Waals surface area contributed by atoms with Crippen LogP contribution in [0.4, 0.5) is 0 Å². The van der Waals surface area contributed by atoms with Crippen molar-refractivity contribution in [1.82, 2.24) is 0 Å². The minimum atomic E-state index is -0.698. The third kappa shape index (κ3) is 9.81. The summed E-state index contributed by atoms with van der Waals surface area (Å²) < 4.78 is 18.6. The summed E-state index contributed by atoms with van der Waals surface area (Å²) in [4.78, 5) is 0. The predicted octanol–water partition coefficient (Wildman–Crippen LogP) is -2.67. The van der Waals surface area contributed by atoms with Crippen molar-refractivity contribution in [1.29, 1.82) is 0 Å². The van der Waals surface area contributed by atoms with E-state index >= 15 is 0 Å². The molecular weight excluding hydrogens is 504 g/mol. The van der Waals surface area contributed by atoms with E-state index in [1.54, 1.807) is 0 Å². The zero-order valence-corrected chi connectivity index (χ0v) is 25.0. The average Bonchev–Trinajstić information content (AvgIpc) is 3.86. The lowest BCUT2D eigenvalue weighted by atomic mass is 8.57. The van der Waals surface area contributed by atoms with Crippen molar-refractivity contribution in [2.45, 2.75) is 37.8 Å². The Bertz CT molecular complexity index is 1130. The van der Waals surface area contributed by atoms with Gasteiger partial charge in [0.05, 0.1) is 26.4 Å². The SMILES string of the molecule is [B]B([B])B([B])B(B([B])[B])B1CC1COc1cc(COc2cccc(C)c2)cc(OCC2CB2B(B([B])[B])B([B])B([B])[B])c1. The Kier molecular flexibility index (Phi) is 12.7. The molecular formula is C20H22B20O3. The highest BCUT2D eigenvalue weighted by atomic mass is 16.5. The summed E-state index contributed by atoms with van der Waals surface area (Å²) in [5, 5.41) is 0. The Morgan fingerprint density at radius 2 is 1.12 bits per heavy atom. The van der Waals surface area contributed by atoms with Crippen LogP contribution in [0.2, 0.25) is 24.3 Å². The van der Waals surface area contributed by atoms with Crippen LogP contribution in [0, 0.1) is 6.92 Å².